The Morgan fingerprint density at radius 2 is 0.459 bits per heavy atom. The zero-order chi connectivity index (χ0) is 29.6. The predicted molar refractivity (Wildman–Crippen MR) is 208 cm³/mol. The van der Waals surface area contributed by atoms with Crippen molar-refractivity contribution < 1.29 is 35.7 Å². The van der Waals surface area contributed by atoms with Crippen LogP contribution in [0.1, 0.15) is 7.43 Å². The van der Waals surface area contributed by atoms with E-state index in [9.17, 15) is 0 Å². The lowest BCUT2D eigenvalue weighted by Crippen LogP contribution is -3.00. The molecule has 1 aliphatic rings. The third-order valence-corrected chi connectivity index (χ3v) is 57.7. The molecule has 5 nitrogen and oxygen atoms in total. The van der Waals surface area contributed by atoms with E-state index in [1.54, 1.807) is 26.2 Å². The Balaban J connectivity index is -0.0000000578. The summed E-state index contributed by atoms with van der Waals surface area (Å²) in [6, 6.07) is 0. The fourth-order valence-electron chi connectivity index (χ4n) is 0.293. The molecule has 1 heterocycles. The van der Waals surface area contributed by atoms with Crippen molar-refractivity contribution in [2.45, 2.75) is 125 Å². The average Bonchev–Trinajstić information content (AvgIpc) is 3.35. The van der Waals surface area contributed by atoms with Gasteiger partial charge in [-0.3, -0.25) is 0 Å². The summed E-state index contributed by atoms with van der Waals surface area (Å²) in [6.07, 6.45) is 0. The van der Waals surface area contributed by atoms with Crippen LogP contribution < -0.4 is 12.4 Å². The van der Waals surface area contributed by atoms with Gasteiger partial charge in [-0.1, -0.05) is 86.0 Å². The van der Waals surface area contributed by atoms with E-state index in [0.717, 1.165) is 0 Å². The van der Waals surface area contributed by atoms with Crippen LogP contribution in [0, 0.1) is 0 Å². The highest BCUT2D eigenvalue weighted by atomic mass is 35.5. The average molecular weight is 755 g/mol. The number of hydrogen-bond acceptors (Lipinski definition) is 5. The van der Waals surface area contributed by atoms with Crippen LogP contribution >= 0.6 is 0 Å². The molecule has 1 rings (SSSR count). The van der Waals surface area contributed by atoms with Crippen LogP contribution in [0.2, 0.25) is 118 Å². The molecule has 236 valence electrons. The quantitative estimate of drug-likeness (QED) is 0.194. The normalized spacial score (nSPS) is 18.5. The fraction of sp³-hybridized carbons (Fsp3) is 1.00. The van der Waals surface area contributed by atoms with Crippen molar-refractivity contribution in [3.63, 3.8) is 0 Å². The summed E-state index contributed by atoms with van der Waals surface area (Å²) in [5.74, 6) is 0. The molecule has 1 aliphatic heterocycles. The van der Waals surface area contributed by atoms with Crippen LogP contribution in [0.15, 0.2) is 0 Å². The van der Waals surface area contributed by atoms with Crippen molar-refractivity contribution in [1.82, 2.24) is 0 Å². The van der Waals surface area contributed by atoms with E-state index in [1.165, 1.54) is 0 Å². The van der Waals surface area contributed by atoms with Gasteiger partial charge in [0, 0.05) is 49.9 Å². The van der Waals surface area contributed by atoms with E-state index in [0.29, 0.717) is 0 Å². The first-order valence-electron chi connectivity index (χ1n) is 13.9. The standard InChI is InChI=1S/3C4H14Si2.2C2H10O2Si2.C2H8OSi2.CH4.ClH/c3*1-5(2)6(3)4;2*1-5(3)6(2)4;1-4-3-5(4)2;;/h3*5-6H,1-4H3;2*3-6H,1-2H3;4-5H,1-2H3;1H4;1H/p-1/t;;;2*5-,6+;4-,5+;;. The van der Waals surface area contributed by atoms with Crippen LogP contribution in [-0.4, -0.2) is 120 Å². The van der Waals surface area contributed by atoms with E-state index in [2.05, 4.69) is 91.7 Å². The largest absolute Gasteiger partial charge is 1.00 e. The van der Waals surface area contributed by atoms with Crippen molar-refractivity contribution in [3.8, 4) is 0 Å². The summed E-state index contributed by atoms with van der Waals surface area (Å²) < 4.78 is 5.19. The first kappa shape index (κ1) is 55.6. The van der Waals surface area contributed by atoms with Crippen molar-refractivity contribution in [3.05, 3.63) is 0 Å². The second kappa shape index (κ2) is 34.9. The first-order valence-corrected chi connectivity index (χ1v) is 53.7. The first-order chi connectivity index (χ1) is 15.5. The molecule has 0 aliphatic carbocycles. The molecule has 18 heteroatoms. The van der Waals surface area contributed by atoms with Gasteiger partial charge < -0.3 is 35.7 Å². The Bertz CT molecular complexity index is 317. The highest BCUT2D eigenvalue weighted by Gasteiger charge is 2.32. The van der Waals surface area contributed by atoms with Crippen LogP contribution in [-0.2, 0) is 4.12 Å². The van der Waals surface area contributed by atoms with Gasteiger partial charge in [0.25, 0.3) is 0 Å². The molecular formula is C19H74ClO5Si12-. The van der Waals surface area contributed by atoms with E-state index in [-0.39, 0.29) is 86.8 Å². The maximum atomic E-state index is 8.58. The van der Waals surface area contributed by atoms with Crippen molar-refractivity contribution in [1.29, 1.82) is 0 Å². The monoisotopic (exact) mass is 753 g/mol. The number of rotatable bonds is 5. The van der Waals surface area contributed by atoms with Crippen LogP contribution in [0.25, 0.3) is 0 Å². The van der Waals surface area contributed by atoms with Gasteiger partial charge in [0.2, 0.25) is 0 Å². The van der Waals surface area contributed by atoms with E-state index < -0.39 is 34.2 Å². The number of hydrogen-bond donors (Lipinski definition) is 4. The molecule has 0 saturated carbocycles. The van der Waals surface area contributed by atoms with Gasteiger partial charge >= 0.3 is 0 Å². The smallest absolute Gasteiger partial charge is 0.184 e. The van der Waals surface area contributed by atoms with Crippen molar-refractivity contribution in [2.75, 3.05) is 0 Å². The zero-order valence-electron chi connectivity index (χ0n) is 27.5. The maximum absolute atomic E-state index is 8.58. The Labute approximate surface area is 260 Å². The van der Waals surface area contributed by atoms with Crippen LogP contribution in [0.5, 0.6) is 0 Å². The maximum Gasteiger partial charge on any atom is 0.184 e. The van der Waals surface area contributed by atoms with Crippen molar-refractivity contribution >= 4 is 101 Å². The fourth-order valence-corrected chi connectivity index (χ4v) is 5.47. The molecule has 0 bridgehead atoms. The highest BCUT2D eigenvalue weighted by Crippen LogP contribution is 2.09. The van der Waals surface area contributed by atoms with Gasteiger partial charge in [-0.15, -0.1) is 0 Å². The van der Waals surface area contributed by atoms with E-state index >= 15 is 0 Å². The molecular weight excluding hydrogens is 681 g/mol. The molecule has 0 unspecified atom stereocenters. The van der Waals surface area contributed by atoms with Crippen LogP contribution in [0.3, 0.4) is 0 Å². The third kappa shape index (κ3) is 63.3. The summed E-state index contributed by atoms with van der Waals surface area (Å²) in [5, 5.41) is 0. The Morgan fingerprint density at radius 1 is 0.378 bits per heavy atom. The lowest BCUT2D eigenvalue weighted by molar-refractivity contribution is -0.0000131. The minimum Gasteiger partial charge on any atom is -1.00 e. The summed E-state index contributed by atoms with van der Waals surface area (Å²) in [6.45, 7) is 40.8. The SMILES string of the molecule is C.C[Si@@H]1O[Si@@H]1C.C[Si@H](O)[Si@@H](C)O.C[Si@H](O)[Si@@H](C)O.C[SiH](C)[SiH](C)C.C[SiH](C)[SiH](C)C.C[SiH](C)[SiH](C)C.[Cl-]. The zero-order valence-corrected chi connectivity index (χ0v) is 42.1. The summed E-state index contributed by atoms with van der Waals surface area (Å²) in [7, 11) is -7.52. The number of halogens is 1. The van der Waals surface area contributed by atoms with Gasteiger partial charge in [0.05, 0.1) is 0 Å². The molecule has 0 aromatic heterocycles. The lowest BCUT2D eigenvalue weighted by Gasteiger charge is -2.01. The molecule has 1 saturated heterocycles. The minimum atomic E-state index is -1.55. The molecule has 0 aromatic rings. The summed E-state index contributed by atoms with van der Waals surface area (Å²) in [5.41, 5.74) is 0. The Morgan fingerprint density at radius 3 is 0.459 bits per heavy atom. The molecule has 0 spiro atoms. The lowest BCUT2D eigenvalue weighted by atomic mass is 11.9. The Hall–Kier alpha value is 2.69. The van der Waals surface area contributed by atoms with Gasteiger partial charge in [-0.2, -0.15) is 0 Å². The Kier molecular flexibility index (Phi) is 52.4. The second-order valence-corrected chi connectivity index (χ2v) is 77.9. The molecule has 6 atom stereocenters. The van der Waals surface area contributed by atoms with Gasteiger partial charge in [-0.25, -0.2) is 0 Å². The van der Waals surface area contributed by atoms with Gasteiger partial charge in [0.1, 0.15) is 0 Å². The third-order valence-electron chi connectivity index (χ3n) is 6.41. The molecule has 0 radical (unpaired) electrons. The van der Waals surface area contributed by atoms with Gasteiger partial charge in [-0.05, 0) is 39.3 Å². The molecule has 0 amide bonds. The van der Waals surface area contributed by atoms with Crippen molar-refractivity contribution in [2.24, 2.45) is 0 Å². The molecule has 0 aromatic carbocycles. The summed E-state index contributed by atoms with van der Waals surface area (Å²) >= 11 is 0. The minimum absolute atomic E-state index is 0. The molecule has 37 heavy (non-hydrogen) atoms. The van der Waals surface area contributed by atoms with Gasteiger partial charge in [0.15, 0.2) is 51.3 Å². The summed E-state index contributed by atoms with van der Waals surface area (Å²) in [4.78, 5) is 34.3. The van der Waals surface area contributed by atoms with E-state index in [4.69, 9.17) is 23.3 Å². The predicted octanol–water partition coefficient (Wildman–Crippen LogP) is -1.93. The molecule has 1 fully saturated rings. The molecule has 4 N–H and O–H groups in total. The van der Waals surface area contributed by atoms with E-state index in [1.807, 2.05) is 0 Å². The topological polar surface area (TPSA) is 93.5 Å². The van der Waals surface area contributed by atoms with Crippen LogP contribution in [0.4, 0.5) is 0 Å². The second-order valence-electron chi connectivity index (χ2n) is 12.0. The highest BCUT2D eigenvalue weighted by molar-refractivity contribution is 7.29.